The minimum absolute atomic E-state index is 0.157. The van der Waals surface area contributed by atoms with Crippen LogP contribution in [0.1, 0.15) is 57.7 Å². The molecule has 3 rings (SSSR count). The molecule has 0 fully saturated rings. The van der Waals surface area contributed by atoms with Crippen LogP contribution in [0.5, 0.6) is 0 Å². The van der Waals surface area contributed by atoms with Gasteiger partial charge in [-0.2, -0.15) is 0 Å². The molecule has 0 heterocycles. The average Bonchev–Trinajstić information content (AvgIpc) is 2.79. The van der Waals surface area contributed by atoms with Crippen LogP contribution >= 0.6 is 0 Å². The molecule has 0 saturated carbocycles. The van der Waals surface area contributed by atoms with Gasteiger partial charge in [-0.05, 0) is 78.6 Å². The Balaban J connectivity index is 1.98. The van der Waals surface area contributed by atoms with Gasteiger partial charge in [-0.15, -0.1) is 0 Å². The number of benzene rings is 2. The van der Waals surface area contributed by atoms with Crippen molar-refractivity contribution in [3.8, 4) is 0 Å². The molecule has 2 aromatic rings. The summed E-state index contributed by atoms with van der Waals surface area (Å²) in [5.41, 5.74) is 4.35. The summed E-state index contributed by atoms with van der Waals surface area (Å²) in [5, 5.41) is 0. The molecule has 1 aliphatic rings. The summed E-state index contributed by atoms with van der Waals surface area (Å²) >= 11 is 0. The number of hydrogen-bond acceptors (Lipinski definition) is 4. The molecule has 0 amide bonds. The Kier molecular flexibility index (Phi) is 7.78. The predicted molar refractivity (Wildman–Crippen MR) is 139 cm³/mol. The normalized spacial score (nSPS) is 16.2. The fraction of sp³-hybridized carbons (Fsp3) is 0.276. The van der Waals surface area contributed by atoms with Crippen LogP contribution in [0.3, 0.4) is 0 Å². The molecule has 0 atom stereocenters. The van der Waals surface area contributed by atoms with Crippen LogP contribution in [0.25, 0.3) is 10.5 Å². The third-order valence-corrected chi connectivity index (χ3v) is 7.81. The number of rotatable bonds is 7. The number of carbonyl (C=O) groups excluding carboxylic acids is 1. The zero-order valence-electron chi connectivity index (χ0n) is 20.5. The second-order valence-corrected chi connectivity index (χ2v) is 11.0. The summed E-state index contributed by atoms with van der Waals surface area (Å²) in [7, 11) is -3.64. The maximum atomic E-state index is 13.5. The van der Waals surface area contributed by atoms with E-state index in [9.17, 15) is 13.2 Å². The van der Waals surface area contributed by atoms with Crippen LogP contribution in [0.4, 0.5) is 0 Å². The third-order valence-electron chi connectivity index (χ3n) is 5.95. The van der Waals surface area contributed by atoms with Crippen molar-refractivity contribution in [1.29, 1.82) is 0 Å². The van der Waals surface area contributed by atoms with Gasteiger partial charge in [-0.25, -0.2) is 13.2 Å². The Morgan fingerprint density at radius 2 is 1.79 bits per heavy atom. The van der Waals surface area contributed by atoms with Gasteiger partial charge in [0.25, 0.3) is 0 Å². The van der Waals surface area contributed by atoms with E-state index < -0.39 is 9.84 Å². The van der Waals surface area contributed by atoms with Gasteiger partial charge in [0.05, 0.1) is 16.4 Å². The van der Waals surface area contributed by atoms with E-state index in [1.165, 1.54) is 6.08 Å². The Bertz CT molecular complexity index is 1290. The lowest BCUT2D eigenvalue weighted by Crippen LogP contribution is -2.23. The maximum Gasteiger partial charge on any atom is 0.330 e. The van der Waals surface area contributed by atoms with E-state index in [-0.39, 0.29) is 11.4 Å². The summed E-state index contributed by atoms with van der Waals surface area (Å²) in [6.45, 7) is 10.2. The van der Waals surface area contributed by atoms with Gasteiger partial charge in [0.15, 0.2) is 0 Å². The van der Waals surface area contributed by atoms with Crippen molar-refractivity contribution in [2.75, 3.05) is 6.61 Å². The van der Waals surface area contributed by atoms with Crippen LogP contribution in [0, 0.1) is 0 Å². The molecule has 5 heteroatoms. The van der Waals surface area contributed by atoms with Gasteiger partial charge in [-0.3, -0.25) is 0 Å². The highest BCUT2D eigenvalue weighted by Crippen LogP contribution is 2.43. The second-order valence-electron chi connectivity index (χ2n) is 9.08. The number of hydrogen-bond donors (Lipinski definition) is 0. The molecule has 0 radical (unpaired) electrons. The van der Waals surface area contributed by atoms with E-state index in [4.69, 9.17) is 4.74 Å². The Morgan fingerprint density at radius 3 is 2.47 bits per heavy atom. The molecule has 0 aromatic heterocycles. The van der Waals surface area contributed by atoms with Gasteiger partial charge in [-0.1, -0.05) is 68.5 Å². The minimum Gasteiger partial charge on any atom is -0.463 e. The lowest BCUT2D eigenvalue weighted by Gasteiger charge is -2.32. The number of carbonyl (C=O) groups is 1. The monoisotopic (exact) mass is 476 g/mol. The summed E-state index contributed by atoms with van der Waals surface area (Å²) in [6, 6.07) is 14.6. The van der Waals surface area contributed by atoms with Crippen molar-refractivity contribution in [2.24, 2.45) is 0 Å². The van der Waals surface area contributed by atoms with Crippen LogP contribution in [-0.4, -0.2) is 21.0 Å². The first-order valence-electron chi connectivity index (χ1n) is 11.4. The zero-order valence-corrected chi connectivity index (χ0v) is 21.3. The smallest absolute Gasteiger partial charge is 0.330 e. The minimum atomic E-state index is -3.64. The molecule has 0 N–H and O–H groups in total. The Hall–Kier alpha value is -3.18. The molecule has 0 unspecified atom stereocenters. The molecular weight excluding hydrogens is 444 g/mol. The van der Waals surface area contributed by atoms with Gasteiger partial charge >= 0.3 is 5.97 Å². The van der Waals surface area contributed by atoms with E-state index in [0.29, 0.717) is 22.8 Å². The van der Waals surface area contributed by atoms with Crippen molar-refractivity contribution in [2.45, 2.75) is 51.3 Å². The third kappa shape index (κ3) is 5.65. The first-order chi connectivity index (χ1) is 16.1. The molecule has 0 bridgehead atoms. The van der Waals surface area contributed by atoms with E-state index in [0.717, 1.165) is 27.8 Å². The Morgan fingerprint density at radius 1 is 1.09 bits per heavy atom. The average molecular weight is 477 g/mol. The van der Waals surface area contributed by atoms with E-state index in [1.54, 1.807) is 31.2 Å². The van der Waals surface area contributed by atoms with Gasteiger partial charge in [0.2, 0.25) is 9.84 Å². The van der Waals surface area contributed by atoms with E-state index in [1.807, 2.05) is 62.4 Å². The highest BCUT2D eigenvalue weighted by molar-refractivity contribution is 8.00. The molecular formula is C29H32O4S. The van der Waals surface area contributed by atoms with E-state index >= 15 is 0 Å². The molecule has 4 nitrogen and oxygen atoms in total. The highest BCUT2D eigenvalue weighted by atomic mass is 32.2. The molecule has 0 saturated heterocycles. The summed E-state index contributed by atoms with van der Waals surface area (Å²) in [4.78, 5) is 12.2. The molecule has 34 heavy (non-hydrogen) atoms. The number of sulfone groups is 1. The van der Waals surface area contributed by atoms with Crippen LogP contribution in [0.15, 0.2) is 89.4 Å². The number of fused-ring (bicyclic) bond motifs is 1. The molecule has 2 aromatic carbocycles. The first-order valence-corrected chi connectivity index (χ1v) is 12.9. The zero-order chi connectivity index (χ0) is 24.9. The van der Waals surface area contributed by atoms with E-state index in [2.05, 4.69) is 13.8 Å². The van der Waals surface area contributed by atoms with Crippen molar-refractivity contribution < 1.29 is 17.9 Å². The lowest BCUT2D eigenvalue weighted by atomic mass is 9.75. The lowest BCUT2D eigenvalue weighted by molar-refractivity contribution is -0.137. The quantitative estimate of drug-likeness (QED) is 0.255. The summed E-state index contributed by atoms with van der Waals surface area (Å²) in [5.74, 6) is -0.360. The highest BCUT2D eigenvalue weighted by Gasteiger charge is 2.33. The predicted octanol–water partition coefficient (Wildman–Crippen LogP) is 6.65. The van der Waals surface area contributed by atoms with Gasteiger partial charge < -0.3 is 4.74 Å². The topological polar surface area (TPSA) is 60.4 Å². The fourth-order valence-corrected chi connectivity index (χ4v) is 5.52. The second kappa shape index (κ2) is 10.4. The molecule has 178 valence electrons. The standard InChI is InChI=1S/C29H32O4S/c1-6-33-28(30)19-21(2)11-10-12-22(3)23-15-16-26-25(20-23)27(17-18-29(26,4)5)34(31,32)24-13-8-7-9-14-24/h7-17,19-20H,6,18H2,1-5H3. The number of esters is 1. The van der Waals surface area contributed by atoms with Gasteiger partial charge in [0.1, 0.15) is 0 Å². The first kappa shape index (κ1) is 25.4. The van der Waals surface area contributed by atoms with Crippen molar-refractivity contribution in [3.63, 3.8) is 0 Å². The van der Waals surface area contributed by atoms with Gasteiger partial charge in [0, 0.05) is 6.08 Å². The van der Waals surface area contributed by atoms with Crippen molar-refractivity contribution >= 4 is 26.3 Å². The fourth-order valence-electron chi connectivity index (χ4n) is 3.99. The largest absolute Gasteiger partial charge is 0.463 e. The van der Waals surface area contributed by atoms with Crippen molar-refractivity contribution in [1.82, 2.24) is 0 Å². The molecule has 0 spiro atoms. The SMILES string of the molecule is CCOC(=O)C=C(C)C=CC=C(C)c1ccc2c(c1)C(S(=O)(=O)c1ccccc1)=CCC2(C)C. The van der Waals surface area contributed by atoms with Crippen LogP contribution in [-0.2, 0) is 24.8 Å². The maximum absolute atomic E-state index is 13.5. The number of allylic oxidation sites excluding steroid dienone is 6. The van der Waals surface area contributed by atoms with Crippen LogP contribution < -0.4 is 0 Å². The summed E-state index contributed by atoms with van der Waals surface area (Å²) in [6.07, 6.45) is 9.64. The van der Waals surface area contributed by atoms with Crippen molar-refractivity contribution in [3.05, 3.63) is 101 Å². The molecule has 0 aliphatic heterocycles. The number of ether oxygens (including phenoxy) is 1. The molecule has 1 aliphatic carbocycles. The van der Waals surface area contributed by atoms with Crippen LogP contribution in [0.2, 0.25) is 0 Å². The summed E-state index contributed by atoms with van der Waals surface area (Å²) < 4.78 is 31.9. The Labute approximate surface area is 203 Å².